The molecule has 1 aliphatic rings. The number of sulfone groups is 1. The summed E-state index contributed by atoms with van der Waals surface area (Å²) < 4.78 is 22.8. The van der Waals surface area contributed by atoms with Crippen LogP contribution in [0.5, 0.6) is 0 Å². The smallest absolute Gasteiger partial charge is 0.234 e. The first-order valence-corrected chi connectivity index (χ1v) is 9.38. The Morgan fingerprint density at radius 2 is 1.86 bits per heavy atom. The fourth-order valence-electron chi connectivity index (χ4n) is 2.52. The Bertz CT molecular complexity index is 641. The van der Waals surface area contributed by atoms with Crippen LogP contribution in [0.3, 0.4) is 0 Å². The number of hydrogen-bond donors (Lipinski definition) is 1. The number of nitrogens with one attached hydrogen (secondary N) is 1. The van der Waals surface area contributed by atoms with Crippen LogP contribution in [-0.2, 0) is 14.6 Å². The van der Waals surface area contributed by atoms with Crippen molar-refractivity contribution in [3.05, 3.63) is 34.9 Å². The molecule has 1 amide bonds. The number of aryl methyl sites for hydroxylation is 2. The third kappa shape index (κ3) is 4.55. The van der Waals surface area contributed by atoms with Crippen molar-refractivity contribution in [3.63, 3.8) is 0 Å². The molecule has 0 saturated carbocycles. The largest absolute Gasteiger partial charge is 0.348 e. The van der Waals surface area contributed by atoms with Crippen molar-refractivity contribution in [1.82, 2.24) is 10.2 Å². The van der Waals surface area contributed by atoms with Crippen LogP contribution >= 0.6 is 0 Å². The maximum atomic E-state index is 12.1. The number of carbonyl (C=O) groups excluding carboxylic acids is 1. The van der Waals surface area contributed by atoms with E-state index in [9.17, 15) is 13.2 Å². The van der Waals surface area contributed by atoms with Crippen LogP contribution < -0.4 is 5.32 Å². The van der Waals surface area contributed by atoms with Gasteiger partial charge in [-0.25, -0.2) is 8.42 Å². The van der Waals surface area contributed by atoms with Crippen LogP contribution in [-0.4, -0.2) is 50.4 Å². The summed E-state index contributed by atoms with van der Waals surface area (Å²) in [6.45, 7) is 7.21. The summed E-state index contributed by atoms with van der Waals surface area (Å²) in [5.74, 6) is 0.227. The monoisotopic (exact) mass is 324 g/mol. The Hall–Kier alpha value is -1.40. The van der Waals surface area contributed by atoms with E-state index in [0.29, 0.717) is 13.1 Å². The minimum absolute atomic E-state index is 0.0553. The number of amides is 1. The van der Waals surface area contributed by atoms with Gasteiger partial charge in [0.2, 0.25) is 5.91 Å². The molecular formula is C16H24N2O3S. The zero-order valence-electron chi connectivity index (χ0n) is 13.4. The molecule has 1 aliphatic heterocycles. The van der Waals surface area contributed by atoms with Gasteiger partial charge >= 0.3 is 0 Å². The maximum absolute atomic E-state index is 12.1. The van der Waals surface area contributed by atoms with Gasteiger partial charge in [0.1, 0.15) is 0 Å². The van der Waals surface area contributed by atoms with E-state index in [1.807, 2.05) is 17.9 Å². The Kier molecular flexibility index (Phi) is 5.24. The number of hydrogen-bond acceptors (Lipinski definition) is 4. The van der Waals surface area contributed by atoms with Gasteiger partial charge in [0.25, 0.3) is 0 Å². The van der Waals surface area contributed by atoms with Gasteiger partial charge in [0.05, 0.1) is 24.1 Å². The number of benzene rings is 1. The lowest BCUT2D eigenvalue weighted by Crippen LogP contribution is -2.45. The number of rotatable bonds is 4. The molecule has 0 unspecified atom stereocenters. The SMILES string of the molecule is Cc1ccc([C@H](C)NC(=O)CN2CCS(=O)(=O)CC2)cc1C. The topological polar surface area (TPSA) is 66.5 Å². The van der Waals surface area contributed by atoms with Crippen molar-refractivity contribution >= 4 is 15.7 Å². The minimum atomic E-state index is -2.90. The van der Waals surface area contributed by atoms with Crippen molar-refractivity contribution < 1.29 is 13.2 Å². The molecule has 1 aromatic rings. The average molecular weight is 324 g/mol. The summed E-state index contributed by atoms with van der Waals surface area (Å²) in [7, 11) is -2.90. The zero-order valence-corrected chi connectivity index (χ0v) is 14.2. The van der Waals surface area contributed by atoms with Gasteiger partial charge in [0, 0.05) is 13.1 Å². The lowest BCUT2D eigenvalue weighted by Gasteiger charge is -2.26. The normalized spacial score (nSPS) is 19.6. The summed E-state index contributed by atoms with van der Waals surface area (Å²) in [6.07, 6.45) is 0. The molecule has 5 nitrogen and oxygen atoms in total. The van der Waals surface area contributed by atoms with E-state index in [4.69, 9.17) is 0 Å². The highest BCUT2D eigenvalue weighted by Gasteiger charge is 2.23. The summed E-state index contributed by atoms with van der Waals surface area (Å²) in [5, 5.41) is 2.98. The second-order valence-corrected chi connectivity index (χ2v) is 8.36. The van der Waals surface area contributed by atoms with Gasteiger partial charge in [-0.2, -0.15) is 0 Å². The molecule has 6 heteroatoms. The summed E-state index contributed by atoms with van der Waals surface area (Å²) >= 11 is 0. The maximum Gasteiger partial charge on any atom is 0.234 e. The van der Waals surface area contributed by atoms with Gasteiger partial charge in [-0.05, 0) is 37.5 Å². The predicted molar refractivity (Wildman–Crippen MR) is 87.6 cm³/mol. The van der Waals surface area contributed by atoms with Gasteiger partial charge in [-0.15, -0.1) is 0 Å². The third-order valence-electron chi connectivity index (χ3n) is 4.21. The molecule has 0 radical (unpaired) electrons. The van der Waals surface area contributed by atoms with Crippen LogP contribution in [0.2, 0.25) is 0 Å². The molecule has 122 valence electrons. The third-order valence-corrected chi connectivity index (χ3v) is 5.82. The van der Waals surface area contributed by atoms with E-state index in [1.54, 1.807) is 0 Å². The molecule has 22 heavy (non-hydrogen) atoms. The highest BCUT2D eigenvalue weighted by Crippen LogP contribution is 2.16. The van der Waals surface area contributed by atoms with Crippen LogP contribution in [0.15, 0.2) is 18.2 Å². The van der Waals surface area contributed by atoms with Crippen molar-refractivity contribution in [1.29, 1.82) is 0 Å². The number of nitrogens with zero attached hydrogens (tertiary/aromatic N) is 1. The van der Waals surface area contributed by atoms with E-state index < -0.39 is 9.84 Å². The lowest BCUT2D eigenvalue weighted by molar-refractivity contribution is -0.122. The van der Waals surface area contributed by atoms with Gasteiger partial charge in [-0.1, -0.05) is 18.2 Å². The lowest BCUT2D eigenvalue weighted by atomic mass is 10.0. The minimum Gasteiger partial charge on any atom is -0.348 e. The van der Waals surface area contributed by atoms with E-state index in [-0.39, 0.29) is 30.0 Å². The molecule has 0 spiro atoms. The second-order valence-electron chi connectivity index (χ2n) is 6.06. The first-order valence-electron chi connectivity index (χ1n) is 7.56. The zero-order chi connectivity index (χ0) is 16.3. The van der Waals surface area contributed by atoms with Gasteiger partial charge in [0.15, 0.2) is 9.84 Å². The molecular weight excluding hydrogens is 300 g/mol. The number of carbonyl (C=O) groups is 1. The summed E-state index contributed by atoms with van der Waals surface area (Å²) in [5.41, 5.74) is 3.52. The van der Waals surface area contributed by atoms with Crippen LogP contribution in [0.1, 0.15) is 29.7 Å². The first-order chi connectivity index (χ1) is 10.3. The Morgan fingerprint density at radius 1 is 1.23 bits per heavy atom. The average Bonchev–Trinajstić information content (AvgIpc) is 2.44. The van der Waals surface area contributed by atoms with Crippen LogP contribution in [0.25, 0.3) is 0 Å². The van der Waals surface area contributed by atoms with Gasteiger partial charge < -0.3 is 5.32 Å². The molecule has 1 saturated heterocycles. The van der Waals surface area contributed by atoms with Crippen molar-refractivity contribution in [2.45, 2.75) is 26.8 Å². The molecule has 1 aromatic carbocycles. The molecule has 1 N–H and O–H groups in total. The van der Waals surface area contributed by atoms with E-state index >= 15 is 0 Å². The Morgan fingerprint density at radius 3 is 2.45 bits per heavy atom. The summed E-state index contributed by atoms with van der Waals surface area (Å²) in [4.78, 5) is 14.0. The fraction of sp³-hybridized carbons (Fsp3) is 0.562. The van der Waals surface area contributed by atoms with Crippen molar-refractivity contribution in [2.75, 3.05) is 31.1 Å². The first kappa shape index (κ1) is 17.0. The predicted octanol–water partition coefficient (Wildman–Crippen LogP) is 1.21. The molecule has 1 heterocycles. The highest BCUT2D eigenvalue weighted by molar-refractivity contribution is 7.91. The van der Waals surface area contributed by atoms with Crippen LogP contribution in [0, 0.1) is 13.8 Å². The fourth-order valence-corrected chi connectivity index (χ4v) is 3.79. The molecule has 0 aliphatic carbocycles. The molecule has 0 aromatic heterocycles. The Labute approximate surface area is 132 Å². The van der Waals surface area contributed by atoms with Crippen molar-refractivity contribution in [2.24, 2.45) is 0 Å². The second kappa shape index (κ2) is 6.79. The molecule has 2 rings (SSSR count). The molecule has 1 atom stereocenters. The van der Waals surface area contributed by atoms with E-state index in [2.05, 4.69) is 31.3 Å². The van der Waals surface area contributed by atoms with Gasteiger partial charge in [-0.3, -0.25) is 9.69 Å². The summed E-state index contributed by atoms with van der Waals surface area (Å²) in [6, 6.07) is 6.12. The molecule has 0 bridgehead atoms. The van der Waals surface area contributed by atoms with E-state index in [0.717, 1.165) is 5.56 Å². The highest BCUT2D eigenvalue weighted by atomic mass is 32.2. The Balaban J connectivity index is 1.87. The molecule has 1 fully saturated rings. The van der Waals surface area contributed by atoms with Crippen LogP contribution in [0.4, 0.5) is 0 Å². The van der Waals surface area contributed by atoms with Crippen molar-refractivity contribution in [3.8, 4) is 0 Å². The van der Waals surface area contributed by atoms with E-state index in [1.165, 1.54) is 11.1 Å². The standard InChI is InChI=1S/C16H24N2O3S/c1-12-4-5-15(10-13(12)2)14(3)17-16(19)11-18-6-8-22(20,21)9-7-18/h4-5,10,14H,6-9,11H2,1-3H3,(H,17,19)/t14-/m0/s1. The quantitative estimate of drug-likeness (QED) is 0.904.